The van der Waals surface area contributed by atoms with Gasteiger partial charge in [-0.05, 0) is 55.7 Å². The number of ether oxygens (including phenoxy) is 3. The van der Waals surface area contributed by atoms with Crippen molar-refractivity contribution in [3.63, 3.8) is 0 Å². The minimum atomic E-state index is -0.0672. The molecule has 1 amide bonds. The van der Waals surface area contributed by atoms with Crippen LogP contribution < -0.4 is 14.4 Å². The number of fused-ring (bicyclic) bond motifs is 2. The van der Waals surface area contributed by atoms with E-state index in [1.54, 1.807) is 17.4 Å². The summed E-state index contributed by atoms with van der Waals surface area (Å²) in [5.74, 6) is 1.24. The van der Waals surface area contributed by atoms with E-state index in [0.717, 1.165) is 60.2 Å². The van der Waals surface area contributed by atoms with Gasteiger partial charge in [0.25, 0.3) is 5.91 Å². The van der Waals surface area contributed by atoms with E-state index in [1.165, 1.54) is 5.56 Å². The van der Waals surface area contributed by atoms with Gasteiger partial charge in [0.05, 0.1) is 23.4 Å². The predicted octanol–water partition coefficient (Wildman–Crippen LogP) is 4.05. The second-order valence-electron chi connectivity index (χ2n) is 8.55. The zero-order valence-corrected chi connectivity index (χ0v) is 20.0. The molecule has 1 fully saturated rings. The first-order chi connectivity index (χ1) is 16.1. The van der Waals surface area contributed by atoms with Gasteiger partial charge in [0.1, 0.15) is 13.2 Å². The zero-order valence-electron chi connectivity index (χ0n) is 19.1. The maximum absolute atomic E-state index is 13.7. The lowest BCUT2D eigenvalue weighted by molar-refractivity contribution is 0.0376. The topological polar surface area (TPSA) is 64.1 Å². The van der Waals surface area contributed by atoms with Crippen LogP contribution in [0.5, 0.6) is 11.5 Å². The molecular formula is C25H29N3O4S. The van der Waals surface area contributed by atoms with Crippen molar-refractivity contribution >= 4 is 32.6 Å². The highest BCUT2D eigenvalue weighted by atomic mass is 32.1. The summed E-state index contributed by atoms with van der Waals surface area (Å²) >= 11 is 1.58. The van der Waals surface area contributed by atoms with E-state index in [9.17, 15) is 4.79 Å². The number of morpholine rings is 1. The molecule has 2 aliphatic rings. The number of benzene rings is 2. The minimum absolute atomic E-state index is 0.0672. The summed E-state index contributed by atoms with van der Waals surface area (Å²) < 4.78 is 17.9. The number of aryl methyl sites for hydroxylation is 2. The summed E-state index contributed by atoms with van der Waals surface area (Å²) in [5, 5.41) is 0.737. The van der Waals surface area contributed by atoms with Gasteiger partial charge < -0.3 is 14.2 Å². The van der Waals surface area contributed by atoms with Crippen molar-refractivity contribution in [3.8, 4) is 11.5 Å². The van der Waals surface area contributed by atoms with E-state index in [-0.39, 0.29) is 5.91 Å². The van der Waals surface area contributed by atoms with Gasteiger partial charge in [-0.2, -0.15) is 0 Å². The summed E-state index contributed by atoms with van der Waals surface area (Å²) in [6.45, 7) is 10.1. The molecule has 0 radical (unpaired) electrons. The number of carbonyl (C=O) groups excluding carboxylic acids is 1. The van der Waals surface area contributed by atoms with Gasteiger partial charge in [-0.25, -0.2) is 4.98 Å². The Balaban J connectivity index is 1.43. The first-order valence-electron chi connectivity index (χ1n) is 11.5. The monoisotopic (exact) mass is 467 g/mol. The first-order valence-corrected chi connectivity index (χ1v) is 12.3. The number of rotatable bonds is 6. The van der Waals surface area contributed by atoms with Gasteiger partial charge in [-0.3, -0.25) is 14.6 Å². The normalized spacial score (nSPS) is 16.2. The number of anilines is 1. The maximum atomic E-state index is 13.7. The quantitative estimate of drug-likeness (QED) is 0.545. The van der Waals surface area contributed by atoms with Crippen LogP contribution in [0.3, 0.4) is 0 Å². The molecule has 8 heteroatoms. The van der Waals surface area contributed by atoms with E-state index in [2.05, 4.69) is 30.9 Å². The van der Waals surface area contributed by atoms with Crippen LogP contribution in [0.4, 0.5) is 5.13 Å². The van der Waals surface area contributed by atoms with Gasteiger partial charge >= 0.3 is 0 Å². The molecule has 1 aromatic heterocycles. The standard InChI is InChI=1S/C25H29N3O4S/c1-17-14-18(2)23-22(15-17)33-25(26-23)28(7-3-6-27-8-10-30-11-9-27)24(29)19-4-5-20-21(16-19)32-13-12-31-20/h4-5,14-16H,3,6-13H2,1-2H3. The Bertz CT molecular complexity index is 1160. The number of hydrogen-bond acceptors (Lipinski definition) is 7. The van der Waals surface area contributed by atoms with Gasteiger partial charge in [0.15, 0.2) is 16.6 Å². The Morgan fingerprint density at radius 3 is 2.67 bits per heavy atom. The van der Waals surface area contributed by atoms with Gasteiger partial charge in [-0.15, -0.1) is 0 Å². The third kappa shape index (κ3) is 4.83. The smallest absolute Gasteiger partial charge is 0.260 e. The molecule has 0 spiro atoms. The Hall–Kier alpha value is -2.68. The van der Waals surface area contributed by atoms with Crippen LogP contribution in [-0.2, 0) is 4.74 Å². The molecule has 1 saturated heterocycles. The molecule has 0 unspecified atom stereocenters. The second-order valence-corrected chi connectivity index (χ2v) is 9.56. The van der Waals surface area contributed by atoms with Crippen LogP contribution >= 0.6 is 11.3 Å². The van der Waals surface area contributed by atoms with Crippen LogP contribution in [-0.4, -0.2) is 68.4 Å². The highest BCUT2D eigenvalue weighted by Crippen LogP contribution is 2.34. The highest BCUT2D eigenvalue weighted by molar-refractivity contribution is 7.22. The zero-order chi connectivity index (χ0) is 22.8. The van der Waals surface area contributed by atoms with Gasteiger partial charge in [0, 0.05) is 31.7 Å². The number of hydrogen-bond donors (Lipinski definition) is 0. The molecule has 3 aromatic rings. The molecule has 174 valence electrons. The third-order valence-electron chi connectivity index (χ3n) is 6.04. The fraction of sp³-hybridized carbons (Fsp3) is 0.440. The van der Waals surface area contributed by atoms with E-state index in [1.807, 2.05) is 17.0 Å². The molecule has 2 aromatic carbocycles. The van der Waals surface area contributed by atoms with Crippen molar-refractivity contribution < 1.29 is 19.0 Å². The van der Waals surface area contributed by atoms with Crippen molar-refractivity contribution in [2.75, 3.05) is 57.5 Å². The average molecular weight is 468 g/mol. The summed E-state index contributed by atoms with van der Waals surface area (Å²) in [7, 11) is 0. The number of aromatic nitrogens is 1. The van der Waals surface area contributed by atoms with Crippen LogP contribution in [0.15, 0.2) is 30.3 Å². The fourth-order valence-corrected chi connectivity index (χ4v) is 5.53. The fourth-order valence-electron chi connectivity index (χ4n) is 4.37. The molecule has 5 rings (SSSR count). The molecule has 0 saturated carbocycles. The molecule has 0 N–H and O–H groups in total. The average Bonchev–Trinajstić information content (AvgIpc) is 3.26. The number of nitrogens with zero attached hydrogens (tertiary/aromatic N) is 3. The van der Waals surface area contributed by atoms with E-state index in [0.29, 0.717) is 36.8 Å². The van der Waals surface area contributed by atoms with Crippen molar-refractivity contribution in [2.45, 2.75) is 20.3 Å². The van der Waals surface area contributed by atoms with Crippen molar-refractivity contribution in [1.29, 1.82) is 0 Å². The Kier molecular flexibility index (Phi) is 6.48. The largest absolute Gasteiger partial charge is 0.486 e. The summed E-state index contributed by atoms with van der Waals surface area (Å²) in [5.41, 5.74) is 3.88. The van der Waals surface area contributed by atoms with Crippen LogP contribution in [0.1, 0.15) is 27.9 Å². The first kappa shape index (κ1) is 22.1. The van der Waals surface area contributed by atoms with Crippen molar-refractivity contribution in [2.24, 2.45) is 0 Å². The Morgan fingerprint density at radius 2 is 1.85 bits per heavy atom. The Labute approximate surface area is 197 Å². The van der Waals surface area contributed by atoms with Crippen LogP contribution in [0.2, 0.25) is 0 Å². The van der Waals surface area contributed by atoms with Crippen LogP contribution in [0.25, 0.3) is 10.2 Å². The summed E-state index contributed by atoms with van der Waals surface area (Å²) in [4.78, 5) is 22.8. The van der Waals surface area contributed by atoms with Crippen molar-refractivity contribution in [3.05, 3.63) is 47.0 Å². The lowest BCUT2D eigenvalue weighted by Gasteiger charge is -2.28. The minimum Gasteiger partial charge on any atom is -0.486 e. The second kappa shape index (κ2) is 9.67. The molecule has 2 aliphatic heterocycles. The lowest BCUT2D eigenvalue weighted by atomic mass is 10.1. The molecule has 0 atom stereocenters. The number of amides is 1. The molecule has 33 heavy (non-hydrogen) atoms. The van der Waals surface area contributed by atoms with Crippen molar-refractivity contribution in [1.82, 2.24) is 9.88 Å². The van der Waals surface area contributed by atoms with Gasteiger partial charge in [0.2, 0.25) is 0 Å². The van der Waals surface area contributed by atoms with Crippen LogP contribution in [0, 0.1) is 13.8 Å². The summed E-state index contributed by atoms with van der Waals surface area (Å²) in [6.07, 6.45) is 0.865. The van der Waals surface area contributed by atoms with E-state index >= 15 is 0 Å². The molecule has 0 bridgehead atoms. The Morgan fingerprint density at radius 1 is 1.06 bits per heavy atom. The van der Waals surface area contributed by atoms with Gasteiger partial charge in [-0.1, -0.05) is 17.4 Å². The molecule has 7 nitrogen and oxygen atoms in total. The lowest BCUT2D eigenvalue weighted by Crippen LogP contribution is -2.39. The predicted molar refractivity (Wildman–Crippen MR) is 130 cm³/mol. The maximum Gasteiger partial charge on any atom is 0.260 e. The highest BCUT2D eigenvalue weighted by Gasteiger charge is 2.24. The SMILES string of the molecule is Cc1cc(C)c2nc(N(CCCN3CCOCC3)C(=O)c3ccc4c(c3)OCCO4)sc2c1. The number of thiazole rings is 1. The van der Waals surface area contributed by atoms with E-state index in [4.69, 9.17) is 19.2 Å². The summed E-state index contributed by atoms with van der Waals surface area (Å²) in [6, 6.07) is 9.70. The number of carbonyl (C=O) groups is 1. The molecule has 0 aliphatic carbocycles. The van der Waals surface area contributed by atoms with E-state index < -0.39 is 0 Å². The molecular weight excluding hydrogens is 438 g/mol. The molecule has 3 heterocycles. The third-order valence-corrected chi connectivity index (χ3v) is 7.07.